The van der Waals surface area contributed by atoms with Crippen LogP contribution in [0.15, 0.2) is 24.3 Å². The molecule has 2 atom stereocenters. The van der Waals surface area contributed by atoms with E-state index in [-0.39, 0.29) is 0 Å². The fourth-order valence-electron chi connectivity index (χ4n) is 3.71. The zero-order valence-electron chi connectivity index (χ0n) is 12.5. The molecule has 1 saturated carbocycles. The maximum atomic E-state index is 12.1. The first-order valence-electron chi connectivity index (χ1n) is 8.04. The Morgan fingerprint density at radius 2 is 1.75 bits per heavy atom. The highest BCUT2D eigenvalue weighted by molar-refractivity contribution is 5.81. The van der Waals surface area contributed by atoms with E-state index in [9.17, 15) is 4.79 Å². The molecule has 0 amide bonds. The average molecular weight is 271 g/mol. The Bertz CT molecular complexity index is 455. The number of rotatable bonds is 2. The van der Waals surface area contributed by atoms with Crippen molar-refractivity contribution in [2.24, 2.45) is 11.8 Å². The van der Waals surface area contributed by atoms with Gasteiger partial charge in [-0.3, -0.25) is 4.79 Å². The summed E-state index contributed by atoms with van der Waals surface area (Å²) in [5, 5.41) is 0. The second-order valence-electron chi connectivity index (χ2n) is 6.61. The van der Waals surface area contributed by atoms with Gasteiger partial charge >= 0.3 is 0 Å². The van der Waals surface area contributed by atoms with E-state index in [2.05, 4.69) is 36.1 Å². The summed E-state index contributed by atoms with van der Waals surface area (Å²) in [4.78, 5) is 14.6. The van der Waals surface area contributed by atoms with Crippen molar-refractivity contribution in [2.75, 3.05) is 19.6 Å². The van der Waals surface area contributed by atoms with E-state index >= 15 is 0 Å². The first-order valence-corrected chi connectivity index (χ1v) is 8.04. The third-order valence-corrected chi connectivity index (χ3v) is 5.02. The van der Waals surface area contributed by atoms with Gasteiger partial charge in [-0.1, -0.05) is 31.2 Å². The van der Waals surface area contributed by atoms with Crippen LogP contribution in [0.4, 0.5) is 0 Å². The summed E-state index contributed by atoms with van der Waals surface area (Å²) < 4.78 is 0. The zero-order chi connectivity index (χ0) is 13.9. The SMILES string of the molecule is CC1CCC(=O)C(CN2CCc3ccccc3CC2)C1. The maximum absolute atomic E-state index is 12.1. The van der Waals surface area contributed by atoms with Crippen molar-refractivity contribution < 1.29 is 4.79 Å². The molecular weight excluding hydrogens is 246 g/mol. The molecule has 1 aliphatic heterocycles. The van der Waals surface area contributed by atoms with Gasteiger partial charge in [-0.25, -0.2) is 0 Å². The van der Waals surface area contributed by atoms with Gasteiger partial charge in [0, 0.05) is 32.0 Å². The lowest BCUT2D eigenvalue weighted by Gasteiger charge is -2.30. The number of carbonyl (C=O) groups excluding carboxylic acids is 1. The summed E-state index contributed by atoms with van der Waals surface area (Å²) >= 11 is 0. The van der Waals surface area contributed by atoms with Crippen LogP contribution in [0.3, 0.4) is 0 Å². The average Bonchev–Trinajstić information content (AvgIpc) is 2.66. The molecule has 0 saturated heterocycles. The topological polar surface area (TPSA) is 20.3 Å². The van der Waals surface area contributed by atoms with Crippen molar-refractivity contribution >= 4 is 5.78 Å². The highest BCUT2D eigenvalue weighted by atomic mass is 16.1. The summed E-state index contributed by atoms with van der Waals surface area (Å²) in [5.74, 6) is 1.52. The Hall–Kier alpha value is -1.15. The van der Waals surface area contributed by atoms with Crippen molar-refractivity contribution in [3.63, 3.8) is 0 Å². The van der Waals surface area contributed by atoms with Crippen LogP contribution >= 0.6 is 0 Å². The molecule has 1 fully saturated rings. The van der Waals surface area contributed by atoms with Crippen LogP contribution < -0.4 is 0 Å². The van der Waals surface area contributed by atoms with Gasteiger partial charge in [0.25, 0.3) is 0 Å². The predicted octanol–water partition coefficient (Wildman–Crippen LogP) is 3.09. The molecule has 2 unspecified atom stereocenters. The van der Waals surface area contributed by atoms with Gasteiger partial charge < -0.3 is 4.90 Å². The Morgan fingerprint density at radius 1 is 1.10 bits per heavy atom. The lowest BCUT2D eigenvalue weighted by atomic mass is 9.81. The molecular formula is C18H25NO. The van der Waals surface area contributed by atoms with E-state index in [1.807, 2.05) is 0 Å². The van der Waals surface area contributed by atoms with Gasteiger partial charge in [0.15, 0.2) is 0 Å². The lowest BCUT2D eigenvalue weighted by Crippen LogP contribution is -2.37. The smallest absolute Gasteiger partial charge is 0.137 e. The van der Waals surface area contributed by atoms with Crippen LogP contribution in [0.2, 0.25) is 0 Å². The van der Waals surface area contributed by atoms with Gasteiger partial charge in [0.1, 0.15) is 5.78 Å². The minimum Gasteiger partial charge on any atom is -0.302 e. The quantitative estimate of drug-likeness (QED) is 0.824. The molecule has 1 aromatic carbocycles. The minimum absolute atomic E-state index is 0.292. The minimum atomic E-state index is 0.292. The van der Waals surface area contributed by atoms with Crippen molar-refractivity contribution in [3.8, 4) is 0 Å². The van der Waals surface area contributed by atoms with E-state index in [1.54, 1.807) is 0 Å². The number of hydrogen-bond donors (Lipinski definition) is 0. The van der Waals surface area contributed by atoms with Crippen LogP contribution in [-0.2, 0) is 17.6 Å². The van der Waals surface area contributed by atoms with Crippen LogP contribution in [0.1, 0.15) is 37.3 Å². The number of nitrogens with zero attached hydrogens (tertiary/aromatic N) is 1. The summed E-state index contributed by atoms with van der Waals surface area (Å²) in [5.41, 5.74) is 3.00. The Kier molecular flexibility index (Phi) is 4.21. The van der Waals surface area contributed by atoms with Crippen molar-refractivity contribution in [1.82, 2.24) is 4.90 Å². The summed E-state index contributed by atoms with van der Waals surface area (Å²) in [6, 6.07) is 8.79. The normalized spacial score (nSPS) is 27.9. The predicted molar refractivity (Wildman–Crippen MR) is 81.8 cm³/mol. The molecule has 2 nitrogen and oxygen atoms in total. The molecule has 1 aliphatic carbocycles. The van der Waals surface area contributed by atoms with Crippen molar-refractivity contribution in [1.29, 1.82) is 0 Å². The highest BCUT2D eigenvalue weighted by Gasteiger charge is 2.28. The number of ketones is 1. The number of Topliss-reactive ketones (excluding diaryl/α,β-unsaturated/α-hetero) is 1. The third-order valence-electron chi connectivity index (χ3n) is 5.02. The van der Waals surface area contributed by atoms with Crippen LogP contribution in [-0.4, -0.2) is 30.3 Å². The number of fused-ring (bicyclic) bond motifs is 1. The molecule has 0 radical (unpaired) electrons. The Morgan fingerprint density at radius 3 is 2.40 bits per heavy atom. The van der Waals surface area contributed by atoms with E-state index in [1.165, 1.54) is 11.1 Å². The van der Waals surface area contributed by atoms with Gasteiger partial charge in [-0.05, 0) is 42.7 Å². The van der Waals surface area contributed by atoms with E-state index in [0.717, 1.165) is 57.7 Å². The summed E-state index contributed by atoms with van der Waals surface area (Å²) in [7, 11) is 0. The molecule has 108 valence electrons. The Labute approximate surface area is 122 Å². The molecule has 1 heterocycles. The number of hydrogen-bond acceptors (Lipinski definition) is 2. The molecule has 0 bridgehead atoms. The first-order chi connectivity index (χ1) is 9.72. The highest BCUT2D eigenvalue weighted by Crippen LogP contribution is 2.27. The van der Waals surface area contributed by atoms with Gasteiger partial charge in [0.2, 0.25) is 0 Å². The summed E-state index contributed by atoms with van der Waals surface area (Å²) in [6.45, 7) is 5.49. The van der Waals surface area contributed by atoms with Gasteiger partial charge in [-0.2, -0.15) is 0 Å². The second kappa shape index (κ2) is 6.09. The largest absolute Gasteiger partial charge is 0.302 e. The van der Waals surface area contributed by atoms with Gasteiger partial charge in [0.05, 0.1) is 0 Å². The van der Waals surface area contributed by atoms with E-state index in [4.69, 9.17) is 0 Å². The molecule has 0 N–H and O–H groups in total. The van der Waals surface area contributed by atoms with Crippen LogP contribution in [0.25, 0.3) is 0 Å². The van der Waals surface area contributed by atoms with Crippen molar-refractivity contribution in [3.05, 3.63) is 35.4 Å². The second-order valence-corrected chi connectivity index (χ2v) is 6.61. The van der Waals surface area contributed by atoms with E-state index in [0.29, 0.717) is 11.7 Å². The number of carbonyl (C=O) groups is 1. The standard InChI is InChI=1S/C18H25NO/c1-14-6-7-18(20)17(12-14)13-19-10-8-15-4-2-3-5-16(15)9-11-19/h2-5,14,17H,6-13H2,1H3. The Balaban J connectivity index is 1.61. The molecule has 3 rings (SSSR count). The molecule has 1 aromatic rings. The van der Waals surface area contributed by atoms with Crippen LogP contribution in [0.5, 0.6) is 0 Å². The van der Waals surface area contributed by atoms with Gasteiger partial charge in [-0.15, -0.1) is 0 Å². The zero-order valence-corrected chi connectivity index (χ0v) is 12.5. The van der Waals surface area contributed by atoms with Crippen molar-refractivity contribution in [2.45, 2.75) is 39.0 Å². The maximum Gasteiger partial charge on any atom is 0.137 e. The lowest BCUT2D eigenvalue weighted by molar-refractivity contribution is -0.126. The molecule has 0 aromatic heterocycles. The van der Waals surface area contributed by atoms with Crippen LogP contribution in [0, 0.1) is 11.8 Å². The summed E-state index contributed by atoms with van der Waals surface area (Å²) in [6.07, 6.45) is 5.27. The van der Waals surface area contributed by atoms with E-state index < -0.39 is 0 Å². The fraction of sp³-hybridized carbons (Fsp3) is 0.611. The monoisotopic (exact) mass is 271 g/mol. The molecule has 0 spiro atoms. The third kappa shape index (κ3) is 3.12. The molecule has 2 aliphatic rings. The molecule has 2 heteroatoms. The first kappa shape index (κ1) is 13.8. The number of benzene rings is 1. The molecule has 20 heavy (non-hydrogen) atoms. The fourth-order valence-corrected chi connectivity index (χ4v) is 3.71.